The SMILES string of the molecule is CCC(C)c1nc(N2CCCC2(C)C)sc1C=O. The van der Waals surface area contributed by atoms with E-state index in [2.05, 4.69) is 32.6 Å². The first-order chi connectivity index (χ1) is 8.49. The normalized spacial score (nSPS) is 20.1. The average molecular weight is 266 g/mol. The molecule has 0 N–H and O–H groups in total. The third-order valence-electron chi connectivity index (χ3n) is 3.99. The minimum absolute atomic E-state index is 0.171. The summed E-state index contributed by atoms with van der Waals surface area (Å²) < 4.78 is 0. The van der Waals surface area contributed by atoms with Crippen molar-refractivity contribution in [2.45, 2.75) is 58.4 Å². The van der Waals surface area contributed by atoms with Gasteiger partial charge in [-0.05, 0) is 39.0 Å². The van der Waals surface area contributed by atoms with Gasteiger partial charge in [0.15, 0.2) is 11.4 Å². The molecule has 1 aliphatic heterocycles. The van der Waals surface area contributed by atoms with Crippen LogP contribution >= 0.6 is 11.3 Å². The minimum atomic E-state index is 0.171. The molecule has 1 fully saturated rings. The van der Waals surface area contributed by atoms with E-state index in [-0.39, 0.29) is 5.54 Å². The third-order valence-corrected chi connectivity index (χ3v) is 5.01. The predicted octanol–water partition coefficient (Wildman–Crippen LogP) is 3.85. The number of anilines is 1. The Morgan fingerprint density at radius 1 is 1.56 bits per heavy atom. The van der Waals surface area contributed by atoms with Gasteiger partial charge in [-0.2, -0.15) is 0 Å². The Morgan fingerprint density at radius 3 is 2.78 bits per heavy atom. The molecule has 0 bridgehead atoms. The van der Waals surface area contributed by atoms with E-state index < -0.39 is 0 Å². The molecule has 0 amide bonds. The topological polar surface area (TPSA) is 33.2 Å². The molecule has 4 heteroatoms. The molecule has 0 saturated carbocycles. The molecule has 1 unspecified atom stereocenters. The van der Waals surface area contributed by atoms with Crippen LogP contribution in [0.2, 0.25) is 0 Å². The van der Waals surface area contributed by atoms with E-state index in [0.29, 0.717) is 5.92 Å². The number of aldehydes is 1. The summed E-state index contributed by atoms with van der Waals surface area (Å²) >= 11 is 1.55. The maximum atomic E-state index is 11.2. The highest BCUT2D eigenvalue weighted by molar-refractivity contribution is 7.17. The molecule has 1 aliphatic rings. The van der Waals surface area contributed by atoms with Gasteiger partial charge in [0.05, 0.1) is 10.6 Å². The van der Waals surface area contributed by atoms with Crippen LogP contribution in [0, 0.1) is 0 Å². The lowest BCUT2D eigenvalue weighted by Gasteiger charge is -2.31. The molecular formula is C14H22N2OS. The van der Waals surface area contributed by atoms with Gasteiger partial charge in [0, 0.05) is 12.1 Å². The molecule has 2 heterocycles. The van der Waals surface area contributed by atoms with Crippen molar-refractivity contribution in [1.82, 2.24) is 4.98 Å². The number of rotatable bonds is 4. The lowest BCUT2D eigenvalue weighted by atomic mass is 10.0. The zero-order valence-corrected chi connectivity index (χ0v) is 12.5. The molecule has 1 aromatic heterocycles. The van der Waals surface area contributed by atoms with E-state index >= 15 is 0 Å². The maximum absolute atomic E-state index is 11.2. The fourth-order valence-electron chi connectivity index (χ4n) is 2.54. The monoisotopic (exact) mass is 266 g/mol. The van der Waals surface area contributed by atoms with Crippen LogP contribution in [0.5, 0.6) is 0 Å². The van der Waals surface area contributed by atoms with E-state index in [4.69, 9.17) is 4.98 Å². The van der Waals surface area contributed by atoms with Gasteiger partial charge in [-0.25, -0.2) is 4.98 Å². The lowest BCUT2D eigenvalue weighted by Crippen LogP contribution is -2.38. The fraction of sp³-hybridized carbons (Fsp3) is 0.714. The van der Waals surface area contributed by atoms with E-state index in [1.807, 2.05) is 0 Å². The summed E-state index contributed by atoms with van der Waals surface area (Å²) in [7, 11) is 0. The number of nitrogens with zero attached hydrogens (tertiary/aromatic N) is 2. The largest absolute Gasteiger partial charge is 0.343 e. The van der Waals surface area contributed by atoms with Crippen molar-refractivity contribution in [2.75, 3.05) is 11.4 Å². The van der Waals surface area contributed by atoms with Crippen LogP contribution in [-0.4, -0.2) is 23.4 Å². The molecule has 100 valence electrons. The summed E-state index contributed by atoms with van der Waals surface area (Å²) in [5, 5.41) is 1.02. The Balaban J connectivity index is 2.35. The second-order valence-electron chi connectivity index (χ2n) is 5.74. The van der Waals surface area contributed by atoms with Crippen LogP contribution in [0.15, 0.2) is 0 Å². The van der Waals surface area contributed by atoms with Crippen molar-refractivity contribution in [1.29, 1.82) is 0 Å². The number of hydrogen-bond acceptors (Lipinski definition) is 4. The molecule has 1 aromatic rings. The summed E-state index contributed by atoms with van der Waals surface area (Å²) in [5.74, 6) is 0.362. The molecule has 0 spiro atoms. The lowest BCUT2D eigenvalue weighted by molar-refractivity contribution is 0.112. The van der Waals surface area contributed by atoms with Crippen molar-refractivity contribution in [3.63, 3.8) is 0 Å². The first kappa shape index (κ1) is 13.5. The van der Waals surface area contributed by atoms with Crippen LogP contribution in [0.3, 0.4) is 0 Å². The van der Waals surface area contributed by atoms with Gasteiger partial charge in [0.1, 0.15) is 0 Å². The Kier molecular flexibility index (Phi) is 3.76. The Bertz CT molecular complexity index is 439. The number of hydrogen-bond donors (Lipinski definition) is 0. The zero-order valence-electron chi connectivity index (χ0n) is 11.7. The Labute approximate surface area is 113 Å². The summed E-state index contributed by atoms with van der Waals surface area (Å²) in [6.07, 6.45) is 4.39. The molecule has 0 radical (unpaired) electrons. The standard InChI is InChI=1S/C14H22N2OS/c1-5-10(2)12-11(9-17)18-13(15-12)16-8-6-7-14(16,3)4/h9-10H,5-8H2,1-4H3. The van der Waals surface area contributed by atoms with Crippen molar-refractivity contribution in [3.05, 3.63) is 10.6 Å². The van der Waals surface area contributed by atoms with E-state index in [9.17, 15) is 4.79 Å². The molecule has 2 rings (SSSR count). The van der Waals surface area contributed by atoms with Crippen molar-refractivity contribution in [2.24, 2.45) is 0 Å². The molecule has 0 aromatic carbocycles. The van der Waals surface area contributed by atoms with Gasteiger partial charge in [-0.3, -0.25) is 4.79 Å². The minimum Gasteiger partial charge on any atom is -0.343 e. The number of carbonyl (C=O) groups is 1. The average Bonchev–Trinajstić information content (AvgIpc) is 2.90. The quantitative estimate of drug-likeness (QED) is 0.776. The maximum Gasteiger partial charge on any atom is 0.186 e. The van der Waals surface area contributed by atoms with Gasteiger partial charge in [-0.1, -0.05) is 25.2 Å². The summed E-state index contributed by atoms with van der Waals surface area (Å²) in [4.78, 5) is 19.1. The molecule has 0 aliphatic carbocycles. The molecule has 18 heavy (non-hydrogen) atoms. The van der Waals surface area contributed by atoms with Gasteiger partial charge in [0.2, 0.25) is 0 Å². The van der Waals surface area contributed by atoms with E-state index in [1.165, 1.54) is 12.8 Å². The zero-order chi connectivity index (χ0) is 13.3. The van der Waals surface area contributed by atoms with Crippen LogP contribution in [0.4, 0.5) is 5.13 Å². The third kappa shape index (κ3) is 2.30. The second-order valence-corrected chi connectivity index (χ2v) is 6.75. The highest BCUT2D eigenvalue weighted by Gasteiger charge is 2.34. The summed E-state index contributed by atoms with van der Waals surface area (Å²) in [5.41, 5.74) is 1.15. The first-order valence-corrected chi connectivity index (χ1v) is 7.54. The number of carbonyl (C=O) groups excluding carboxylic acids is 1. The van der Waals surface area contributed by atoms with E-state index in [1.54, 1.807) is 11.3 Å². The van der Waals surface area contributed by atoms with Crippen molar-refractivity contribution in [3.8, 4) is 0 Å². The highest BCUT2D eigenvalue weighted by Crippen LogP contribution is 2.38. The van der Waals surface area contributed by atoms with Crippen molar-refractivity contribution < 1.29 is 4.79 Å². The smallest absolute Gasteiger partial charge is 0.186 e. The fourth-order valence-corrected chi connectivity index (χ4v) is 3.73. The second kappa shape index (κ2) is 5.00. The molecule has 1 atom stereocenters. The Morgan fingerprint density at radius 2 is 2.28 bits per heavy atom. The summed E-state index contributed by atoms with van der Waals surface area (Å²) in [6, 6.07) is 0. The first-order valence-electron chi connectivity index (χ1n) is 6.73. The highest BCUT2D eigenvalue weighted by atomic mass is 32.1. The number of thiazole rings is 1. The van der Waals surface area contributed by atoms with Crippen LogP contribution in [-0.2, 0) is 0 Å². The van der Waals surface area contributed by atoms with Crippen LogP contribution in [0.25, 0.3) is 0 Å². The van der Waals surface area contributed by atoms with E-state index in [0.717, 1.165) is 35.0 Å². The van der Waals surface area contributed by atoms with Gasteiger partial charge >= 0.3 is 0 Å². The van der Waals surface area contributed by atoms with Crippen LogP contribution < -0.4 is 4.90 Å². The van der Waals surface area contributed by atoms with Gasteiger partial charge < -0.3 is 4.90 Å². The van der Waals surface area contributed by atoms with Crippen molar-refractivity contribution >= 4 is 22.8 Å². The number of aromatic nitrogens is 1. The molecule has 3 nitrogen and oxygen atoms in total. The van der Waals surface area contributed by atoms with Gasteiger partial charge in [-0.15, -0.1) is 0 Å². The van der Waals surface area contributed by atoms with Crippen LogP contribution in [0.1, 0.15) is 68.2 Å². The predicted molar refractivity (Wildman–Crippen MR) is 76.9 cm³/mol. The molecular weight excluding hydrogens is 244 g/mol. The summed E-state index contributed by atoms with van der Waals surface area (Å²) in [6.45, 7) is 9.84. The molecule has 1 saturated heterocycles. The van der Waals surface area contributed by atoms with Gasteiger partial charge in [0.25, 0.3) is 0 Å². The Hall–Kier alpha value is -0.900.